The third kappa shape index (κ3) is 3.74. The van der Waals surface area contributed by atoms with Gasteiger partial charge in [-0.15, -0.1) is 0 Å². The van der Waals surface area contributed by atoms with Crippen molar-refractivity contribution < 1.29 is 33.4 Å². The van der Waals surface area contributed by atoms with Gasteiger partial charge in [0.05, 0.1) is 5.92 Å². The van der Waals surface area contributed by atoms with E-state index in [1.54, 1.807) is 45.9 Å². The molecule has 1 saturated heterocycles. The smallest absolute Gasteiger partial charge is 0.351 e. The topological polar surface area (TPSA) is 96.0 Å². The Morgan fingerprint density at radius 3 is 2.28 bits per heavy atom. The molecule has 7 heteroatoms. The van der Waals surface area contributed by atoms with Crippen LogP contribution in [0.5, 0.6) is 0 Å². The lowest BCUT2D eigenvalue weighted by Crippen LogP contribution is -2.50. The summed E-state index contributed by atoms with van der Waals surface area (Å²) in [5, 5.41) is 0. The first-order chi connectivity index (χ1) is 15.0. The lowest BCUT2D eigenvalue weighted by Gasteiger charge is -2.34. The molecule has 2 aliphatic carbocycles. The Balaban J connectivity index is 2.12. The van der Waals surface area contributed by atoms with Crippen LogP contribution in [0.3, 0.4) is 0 Å². The van der Waals surface area contributed by atoms with Gasteiger partial charge in [-0.2, -0.15) is 0 Å². The molecule has 3 aliphatic rings. The third-order valence-corrected chi connectivity index (χ3v) is 6.83. The van der Waals surface area contributed by atoms with Crippen LogP contribution in [0.25, 0.3) is 0 Å². The number of ketones is 1. The molecular weight excluding hydrogens is 412 g/mol. The minimum absolute atomic E-state index is 0.133. The third-order valence-electron chi connectivity index (χ3n) is 6.83. The summed E-state index contributed by atoms with van der Waals surface area (Å²) in [7, 11) is 0. The van der Waals surface area contributed by atoms with Gasteiger partial charge in [-0.1, -0.05) is 23.3 Å². The Hall–Kier alpha value is -2.96. The van der Waals surface area contributed by atoms with Crippen molar-refractivity contribution in [2.45, 2.75) is 72.7 Å². The maximum absolute atomic E-state index is 13.1. The van der Waals surface area contributed by atoms with E-state index in [4.69, 9.17) is 14.2 Å². The molecule has 0 bridgehead atoms. The highest BCUT2D eigenvalue weighted by molar-refractivity contribution is 6.09. The molecule has 32 heavy (non-hydrogen) atoms. The molecule has 5 atom stereocenters. The second kappa shape index (κ2) is 8.52. The number of carbonyl (C=O) groups is 4. The highest BCUT2D eigenvalue weighted by Gasteiger charge is 2.65. The summed E-state index contributed by atoms with van der Waals surface area (Å²) >= 11 is 0. The molecule has 1 aliphatic heterocycles. The van der Waals surface area contributed by atoms with Crippen molar-refractivity contribution in [1.82, 2.24) is 0 Å². The molecule has 172 valence electrons. The van der Waals surface area contributed by atoms with E-state index in [2.05, 4.69) is 0 Å². The van der Waals surface area contributed by atoms with E-state index in [-0.39, 0.29) is 12.2 Å². The van der Waals surface area contributed by atoms with Crippen molar-refractivity contribution in [3.8, 4) is 0 Å². The zero-order chi connectivity index (χ0) is 24.0. The second-order valence-electron chi connectivity index (χ2n) is 8.91. The standard InChI is InChI=1S/C25H30O7/c1-8-12(3)22(27)30-17-11-15(6)18-16(26)10-14(5)19(18)21-20(17)25(7,24(29)31-21)32-23(28)13(4)9-2/h8-10,17,19-21H,11H2,1-7H3/b12-8+,13-9+/t17-,19?,20+,21+,25-/m1/s1. The molecule has 1 heterocycles. The van der Waals surface area contributed by atoms with Crippen LogP contribution in [0.2, 0.25) is 0 Å². The summed E-state index contributed by atoms with van der Waals surface area (Å²) in [6.45, 7) is 11.8. The van der Waals surface area contributed by atoms with Crippen LogP contribution in [0.15, 0.2) is 46.1 Å². The summed E-state index contributed by atoms with van der Waals surface area (Å²) in [6.07, 6.45) is 3.39. The molecule has 0 aromatic rings. The molecule has 7 nitrogen and oxygen atoms in total. The number of fused-ring (bicyclic) bond motifs is 3. The molecule has 0 radical (unpaired) electrons. The van der Waals surface area contributed by atoms with Crippen LogP contribution in [0.1, 0.15) is 54.9 Å². The van der Waals surface area contributed by atoms with E-state index >= 15 is 0 Å². The first kappa shape index (κ1) is 23.7. The van der Waals surface area contributed by atoms with Gasteiger partial charge in [-0.25, -0.2) is 14.4 Å². The lowest BCUT2D eigenvalue weighted by atomic mass is 9.77. The van der Waals surface area contributed by atoms with Gasteiger partial charge < -0.3 is 14.2 Å². The average molecular weight is 443 g/mol. The molecule has 0 aromatic carbocycles. The van der Waals surface area contributed by atoms with Gasteiger partial charge in [0.15, 0.2) is 5.78 Å². The summed E-state index contributed by atoms with van der Waals surface area (Å²) < 4.78 is 17.4. The molecule has 0 amide bonds. The van der Waals surface area contributed by atoms with Crippen LogP contribution in [-0.2, 0) is 33.4 Å². The molecular formula is C25H30O7. The quantitative estimate of drug-likeness (QED) is 0.373. The number of allylic oxidation sites excluding steroid dienone is 3. The summed E-state index contributed by atoms with van der Waals surface area (Å²) in [6, 6.07) is 0. The van der Waals surface area contributed by atoms with Crippen molar-refractivity contribution in [3.05, 3.63) is 46.1 Å². The number of esters is 3. The zero-order valence-corrected chi connectivity index (χ0v) is 19.6. The summed E-state index contributed by atoms with van der Waals surface area (Å²) in [4.78, 5) is 51.1. The van der Waals surface area contributed by atoms with Crippen molar-refractivity contribution in [2.75, 3.05) is 0 Å². The van der Waals surface area contributed by atoms with E-state index in [1.165, 1.54) is 6.92 Å². The molecule has 1 unspecified atom stereocenters. The Labute approximate surface area is 188 Å². The van der Waals surface area contributed by atoms with Crippen molar-refractivity contribution in [2.24, 2.45) is 11.8 Å². The van der Waals surface area contributed by atoms with Gasteiger partial charge in [0.1, 0.15) is 12.2 Å². The second-order valence-corrected chi connectivity index (χ2v) is 8.91. The molecule has 0 N–H and O–H groups in total. The number of ether oxygens (including phenoxy) is 3. The van der Waals surface area contributed by atoms with E-state index in [9.17, 15) is 19.2 Å². The predicted molar refractivity (Wildman–Crippen MR) is 116 cm³/mol. The van der Waals surface area contributed by atoms with Crippen LogP contribution in [0.4, 0.5) is 0 Å². The fraction of sp³-hybridized carbons (Fsp3) is 0.520. The van der Waals surface area contributed by atoms with E-state index in [1.807, 2.05) is 13.8 Å². The molecule has 1 fully saturated rings. The van der Waals surface area contributed by atoms with Gasteiger partial charge in [-0.05, 0) is 54.5 Å². The number of carbonyl (C=O) groups excluding carboxylic acids is 4. The molecule has 3 rings (SSSR count). The largest absolute Gasteiger partial charge is 0.458 e. The fourth-order valence-corrected chi connectivity index (χ4v) is 4.76. The lowest BCUT2D eigenvalue weighted by molar-refractivity contribution is -0.175. The number of hydrogen-bond acceptors (Lipinski definition) is 7. The van der Waals surface area contributed by atoms with Gasteiger partial charge in [0.2, 0.25) is 5.60 Å². The first-order valence-corrected chi connectivity index (χ1v) is 10.8. The van der Waals surface area contributed by atoms with Crippen LogP contribution in [0, 0.1) is 11.8 Å². The van der Waals surface area contributed by atoms with Gasteiger partial charge >= 0.3 is 17.9 Å². The first-order valence-electron chi connectivity index (χ1n) is 10.8. The Morgan fingerprint density at radius 2 is 1.69 bits per heavy atom. The molecule has 0 spiro atoms. The van der Waals surface area contributed by atoms with E-state index in [0.717, 1.165) is 11.1 Å². The summed E-state index contributed by atoms with van der Waals surface area (Å²) in [5.74, 6) is -3.27. The number of rotatable bonds is 4. The maximum atomic E-state index is 13.1. The summed E-state index contributed by atoms with van der Waals surface area (Å²) in [5.41, 5.74) is 1.18. The van der Waals surface area contributed by atoms with Crippen molar-refractivity contribution in [3.63, 3.8) is 0 Å². The number of hydrogen-bond donors (Lipinski definition) is 0. The van der Waals surface area contributed by atoms with Crippen LogP contribution >= 0.6 is 0 Å². The Bertz CT molecular complexity index is 1010. The van der Waals surface area contributed by atoms with E-state index in [0.29, 0.717) is 16.7 Å². The SMILES string of the molecule is C/C=C(\C)C(=O)O[C@@H]1CC(C)=C2C(=O)C=C(C)C2[C@@H]2OC(=O)[C@](C)(OC(=O)/C(C)=C/C)[C@@H]12. The maximum Gasteiger partial charge on any atom is 0.351 e. The zero-order valence-electron chi connectivity index (χ0n) is 19.6. The van der Waals surface area contributed by atoms with E-state index < -0.39 is 47.6 Å². The van der Waals surface area contributed by atoms with Crippen molar-refractivity contribution in [1.29, 1.82) is 0 Å². The van der Waals surface area contributed by atoms with Gasteiger partial charge in [-0.3, -0.25) is 4.79 Å². The van der Waals surface area contributed by atoms with Crippen molar-refractivity contribution >= 4 is 23.7 Å². The monoisotopic (exact) mass is 442 g/mol. The minimum Gasteiger partial charge on any atom is -0.458 e. The normalized spacial score (nSPS) is 32.7. The van der Waals surface area contributed by atoms with Gasteiger partial charge in [0.25, 0.3) is 0 Å². The average Bonchev–Trinajstić information content (AvgIpc) is 3.12. The minimum atomic E-state index is -1.68. The van der Waals surface area contributed by atoms with Crippen LogP contribution < -0.4 is 0 Å². The fourth-order valence-electron chi connectivity index (χ4n) is 4.76. The highest BCUT2D eigenvalue weighted by atomic mass is 16.6. The predicted octanol–water partition coefficient (Wildman–Crippen LogP) is 3.54. The Morgan fingerprint density at radius 1 is 1.09 bits per heavy atom. The highest BCUT2D eigenvalue weighted by Crippen LogP contribution is 2.51. The van der Waals surface area contributed by atoms with Gasteiger partial charge in [0, 0.05) is 29.1 Å². The molecule has 0 aromatic heterocycles. The van der Waals surface area contributed by atoms with Crippen LogP contribution in [-0.4, -0.2) is 41.5 Å². The Kier molecular flexibility index (Phi) is 6.31. The molecule has 0 saturated carbocycles.